The number of hydrogen-bond acceptors (Lipinski definition) is 4. The normalized spacial score (nSPS) is 15.2. The van der Waals surface area contributed by atoms with E-state index in [1.54, 1.807) is 12.1 Å². The van der Waals surface area contributed by atoms with Crippen LogP contribution in [-0.4, -0.2) is 58.2 Å². The number of para-hydroxylation sites is 1. The van der Waals surface area contributed by atoms with Crippen molar-refractivity contribution >= 4 is 11.6 Å². The van der Waals surface area contributed by atoms with Crippen LogP contribution in [0.5, 0.6) is 0 Å². The van der Waals surface area contributed by atoms with E-state index in [9.17, 15) is 9.18 Å². The minimum absolute atomic E-state index is 0.0295. The monoisotopic (exact) mass is 421 g/mol. The molecular weight excluding hydrogens is 393 g/mol. The van der Waals surface area contributed by atoms with Crippen LogP contribution in [0.25, 0.3) is 11.3 Å². The molecule has 3 aromatic rings. The van der Waals surface area contributed by atoms with Gasteiger partial charge in [0.25, 0.3) is 0 Å². The molecule has 162 valence electrons. The number of rotatable bonds is 6. The second-order valence-electron chi connectivity index (χ2n) is 8.10. The highest BCUT2D eigenvalue weighted by Crippen LogP contribution is 2.20. The van der Waals surface area contributed by atoms with E-state index in [2.05, 4.69) is 20.2 Å². The van der Waals surface area contributed by atoms with Gasteiger partial charge in [-0.25, -0.2) is 4.39 Å². The summed E-state index contributed by atoms with van der Waals surface area (Å²) < 4.78 is 15.0. The number of anilines is 1. The van der Waals surface area contributed by atoms with Crippen LogP contribution < -0.4 is 5.32 Å². The zero-order chi connectivity index (χ0) is 21.8. The fraction of sp³-hybridized carbons (Fsp3) is 0.333. The molecule has 1 saturated heterocycles. The summed E-state index contributed by atoms with van der Waals surface area (Å²) in [5, 5.41) is 7.68. The van der Waals surface area contributed by atoms with Gasteiger partial charge in [-0.3, -0.25) is 19.3 Å². The molecule has 31 heavy (non-hydrogen) atoms. The van der Waals surface area contributed by atoms with Crippen LogP contribution in [0.3, 0.4) is 0 Å². The summed E-state index contributed by atoms with van der Waals surface area (Å²) in [6.07, 6.45) is 1.95. The minimum Gasteiger partial charge on any atom is -0.324 e. The van der Waals surface area contributed by atoms with Crippen LogP contribution in [0.15, 0.2) is 54.7 Å². The zero-order valence-electron chi connectivity index (χ0n) is 18.0. The summed E-state index contributed by atoms with van der Waals surface area (Å²) in [6.45, 7) is 8.56. The summed E-state index contributed by atoms with van der Waals surface area (Å²) in [5.74, 6) is -0.217. The molecule has 0 radical (unpaired) electrons. The van der Waals surface area contributed by atoms with Crippen molar-refractivity contribution in [2.45, 2.75) is 20.5 Å². The van der Waals surface area contributed by atoms with Crippen molar-refractivity contribution < 1.29 is 9.18 Å². The van der Waals surface area contributed by atoms with E-state index in [0.717, 1.165) is 54.3 Å². The summed E-state index contributed by atoms with van der Waals surface area (Å²) in [4.78, 5) is 17.0. The summed E-state index contributed by atoms with van der Waals surface area (Å²) in [5.41, 5.74) is 4.82. The second kappa shape index (κ2) is 9.41. The van der Waals surface area contributed by atoms with E-state index < -0.39 is 0 Å². The van der Waals surface area contributed by atoms with E-state index in [4.69, 9.17) is 0 Å². The lowest BCUT2D eigenvalue weighted by Gasteiger charge is -2.34. The highest BCUT2D eigenvalue weighted by atomic mass is 19.1. The smallest absolute Gasteiger partial charge is 0.238 e. The molecule has 0 spiro atoms. The number of aryl methyl sites for hydroxylation is 2. The van der Waals surface area contributed by atoms with E-state index >= 15 is 0 Å². The predicted molar refractivity (Wildman–Crippen MR) is 120 cm³/mol. The average Bonchev–Trinajstić information content (AvgIpc) is 3.21. The van der Waals surface area contributed by atoms with E-state index in [0.29, 0.717) is 13.2 Å². The Bertz CT molecular complexity index is 1020. The maximum absolute atomic E-state index is 13.1. The van der Waals surface area contributed by atoms with Crippen molar-refractivity contribution in [1.29, 1.82) is 0 Å². The Kier molecular flexibility index (Phi) is 6.44. The molecule has 6 nitrogen and oxygen atoms in total. The second-order valence-corrected chi connectivity index (χ2v) is 8.10. The molecule has 1 aliphatic rings. The highest BCUT2D eigenvalue weighted by Gasteiger charge is 2.20. The molecule has 1 aromatic heterocycles. The number of amides is 1. The summed E-state index contributed by atoms with van der Waals surface area (Å²) in [6, 6.07) is 14.3. The van der Waals surface area contributed by atoms with Crippen molar-refractivity contribution in [2.75, 3.05) is 38.0 Å². The van der Waals surface area contributed by atoms with Crippen molar-refractivity contribution in [1.82, 2.24) is 19.6 Å². The Labute approximate surface area is 182 Å². The maximum atomic E-state index is 13.1. The van der Waals surface area contributed by atoms with Gasteiger partial charge in [-0.05, 0) is 55.3 Å². The van der Waals surface area contributed by atoms with Gasteiger partial charge in [0.1, 0.15) is 5.82 Å². The number of halogens is 1. The third-order valence-electron chi connectivity index (χ3n) is 5.70. The lowest BCUT2D eigenvalue weighted by atomic mass is 10.1. The van der Waals surface area contributed by atoms with E-state index in [1.807, 2.05) is 49.0 Å². The van der Waals surface area contributed by atoms with Crippen molar-refractivity contribution in [3.05, 3.63) is 71.7 Å². The molecule has 1 amide bonds. The molecule has 0 aliphatic carbocycles. The Balaban J connectivity index is 1.25. The molecule has 0 bridgehead atoms. The number of nitrogens with one attached hydrogen (secondary N) is 1. The number of hydrogen-bond donors (Lipinski definition) is 1. The number of nitrogens with zero attached hydrogens (tertiary/aromatic N) is 4. The van der Waals surface area contributed by atoms with Crippen LogP contribution >= 0.6 is 0 Å². The van der Waals surface area contributed by atoms with E-state index in [-0.39, 0.29) is 11.7 Å². The Morgan fingerprint density at radius 3 is 2.29 bits per heavy atom. The number of carbonyl (C=O) groups excluding carboxylic acids is 1. The SMILES string of the molecule is Cc1cccc(C)c1NC(=O)CN1CCN(Cn2ccc(-c3ccc(F)cc3)n2)CC1. The Morgan fingerprint density at radius 1 is 0.968 bits per heavy atom. The van der Waals surface area contributed by atoms with Crippen LogP contribution in [0.2, 0.25) is 0 Å². The number of carbonyl (C=O) groups is 1. The zero-order valence-corrected chi connectivity index (χ0v) is 18.0. The third-order valence-corrected chi connectivity index (χ3v) is 5.70. The fourth-order valence-electron chi connectivity index (χ4n) is 3.90. The Morgan fingerprint density at radius 2 is 1.61 bits per heavy atom. The fourth-order valence-corrected chi connectivity index (χ4v) is 3.90. The molecule has 1 aliphatic heterocycles. The lowest BCUT2D eigenvalue weighted by Crippen LogP contribution is -2.48. The first-order chi connectivity index (χ1) is 15.0. The predicted octanol–water partition coefficient (Wildman–Crippen LogP) is 3.52. The van der Waals surface area contributed by atoms with Gasteiger partial charge >= 0.3 is 0 Å². The van der Waals surface area contributed by atoms with Gasteiger partial charge in [0, 0.05) is 43.6 Å². The van der Waals surface area contributed by atoms with E-state index in [1.165, 1.54) is 12.1 Å². The van der Waals surface area contributed by atoms with Crippen LogP contribution in [0, 0.1) is 19.7 Å². The first-order valence-corrected chi connectivity index (χ1v) is 10.6. The van der Waals surface area contributed by atoms with Crippen LogP contribution in [0.1, 0.15) is 11.1 Å². The van der Waals surface area contributed by atoms with Gasteiger partial charge in [0.05, 0.1) is 18.9 Å². The minimum atomic E-state index is -0.247. The lowest BCUT2D eigenvalue weighted by molar-refractivity contribution is -0.117. The van der Waals surface area contributed by atoms with Gasteiger partial charge in [-0.15, -0.1) is 0 Å². The number of benzene rings is 2. The topological polar surface area (TPSA) is 53.4 Å². The van der Waals surface area contributed by atoms with Gasteiger partial charge in [0.15, 0.2) is 0 Å². The molecule has 0 saturated carbocycles. The van der Waals surface area contributed by atoms with Gasteiger partial charge in [-0.1, -0.05) is 18.2 Å². The van der Waals surface area contributed by atoms with Crippen molar-refractivity contribution in [3.63, 3.8) is 0 Å². The van der Waals surface area contributed by atoms with Crippen molar-refractivity contribution in [2.24, 2.45) is 0 Å². The molecular formula is C24H28FN5O. The molecule has 1 fully saturated rings. The molecule has 1 N–H and O–H groups in total. The highest BCUT2D eigenvalue weighted by molar-refractivity contribution is 5.93. The molecule has 4 rings (SSSR count). The van der Waals surface area contributed by atoms with Gasteiger partial charge in [0.2, 0.25) is 5.91 Å². The maximum Gasteiger partial charge on any atom is 0.238 e. The Hall–Kier alpha value is -3.03. The number of piperazine rings is 1. The van der Waals surface area contributed by atoms with Gasteiger partial charge in [-0.2, -0.15) is 5.10 Å². The first-order valence-electron chi connectivity index (χ1n) is 10.6. The summed E-state index contributed by atoms with van der Waals surface area (Å²) in [7, 11) is 0. The average molecular weight is 422 g/mol. The quantitative estimate of drug-likeness (QED) is 0.662. The number of aromatic nitrogens is 2. The molecule has 2 heterocycles. The van der Waals surface area contributed by atoms with Crippen LogP contribution in [0.4, 0.5) is 10.1 Å². The largest absolute Gasteiger partial charge is 0.324 e. The molecule has 2 aromatic carbocycles. The first kappa shape index (κ1) is 21.2. The van der Waals surface area contributed by atoms with Crippen LogP contribution in [-0.2, 0) is 11.5 Å². The van der Waals surface area contributed by atoms with Gasteiger partial charge < -0.3 is 5.32 Å². The van der Waals surface area contributed by atoms with Crippen molar-refractivity contribution in [3.8, 4) is 11.3 Å². The molecule has 0 unspecified atom stereocenters. The molecule has 7 heteroatoms. The standard InChI is InChI=1S/C24H28FN5O/c1-18-4-3-5-19(2)24(18)26-23(31)16-28-12-14-29(15-13-28)17-30-11-10-22(27-30)20-6-8-21(25)9-7-20/h3-11H,12-17H2,1-2H3,(H,26,31). The molecule has 0 atom stereocenters. The summed E-state index contributed by atoms with van der Waals surface area (Å²) >= 11 is 0. The third kappa shape index (κ3) is 5.37.